The first kappa shape index (κ1) is 12.3. The molecular weight excluding hydrogens is 204 g/mol. The first-order chi connectivity index (χ1) is 7.43. The topological polar surface area (TPSA) is 47.7 Å². The average Bonchev–Trinajstić information content (AvgIpc) is 2.28. The van der Waals surface area contributed by atoms with Crippen LogP contribution in [0, 0.1) is 11.3 Å². The fraction of sp³-hybridized carbons (Fsp3) is 1.00. The molecule has 16 heavy (non-hydrogen) atoms. The van der Waals surface area contributed by atoms with E-state index in [0.717, 1.165) is 19.6 Å². The number of likely N-dealkylation sites (N-methyl/N-ethyl adjacent to an activating group) is 1. The minimum Gasteiger partial charge on any atom is -0.377 e. The molecule has 4 nitrogen and oxygen atoms in total. The highest BCUT2D eigenvalue weighted by atomic mass is 16.7. The quantitative estimate of drug-likeness (QED) is 0.732. The summed E-state index contributed by atoms with van der Waals surface area (Å²) in [5.74, 6) is 0.480. The first-order valence-corrected chi connectivity index (χ1v) is 6.09. The van der Waals surface area contributed by atoms with Gasteiger partial charge in [0.2, 0.25) is 0 Å². The Bertz CT molecular complexity index is 270. The second-order valence-corrected chi connectivity index (χ2v) is 5.77. The van der Waals surface area contributed by atoms with Gasteiger partial charge in [-0.25, -0.2) is 0 Å². The summed E-state index contributed by atoms with van der Waals surface area (Å²) in [4.78, 5) is 5.21. The molecule has 2 rings (SSSR count). The maximum atomic E-state index is 6.61. The van der Waals surface area contributed by atoms with E-state index in [0.29, 0.717) is 12.0 Å². The van der Waals surface area contributed by atoms with Gasteiger partial charge in [0.25, 0.3) is 0 Å². The van der Waals surface area contributed by atoms with Crippen molar-refractivity contribution >= 4 is 0 Å². The summed E-state index contributed by atoms with van der Waals surface area (Å²) in [7, 11) is 3.62. The molecule has 1 aliphatic carbocycles. The Labute approximate surface area is 98.0 Å². The SMILES string of the molecule is CON(C)CC1(N)C2CCCOC2C1(C)C. The monoisotopic (exact) mass is 228 g/mol. The van der Waals surface area contributed by atoms with Gasteiger partial charge in [0.15, 0.2) is 0 Å². The van der Waals surface area contributed by atoms with E-state index in [1.165, 1.54) is 6.42 Å². The molecule has 0 radical (unpaired) electrons. The maximum Gasteiger partial charge on any atom is 0.0690 e. The van der Waals surface area contributed by atoms with Crippen LogP contribution in [0.3, 0.4) is 0 Å². The summed E-state index contributed by atoms with van der Waals surface area (Å²) in [6, 6.07) is 0. The highest BCUT2D eigenvalue weighted by Crippen LogP contribution is 2.57. The van der Waals surface area contributed by atoms with Crippen molar-refractivity contribution in [3.05, 3.63) is 0 Å². The molecule has 0 amide bonds. The van der Waals surface area contributed by atoms with Gasteiger partial charge in [0.05, 0.1) is 13.2 Å². The van der Waals surface area contributed by atoms with Crippen molar-refractivity contribution in [3.8, 4) is 0 Å². The first-order valence-electron chi connectivity index (χ1n) is 6.09. The molecule has 1 saturated carbocycles. The predicted octanol–water partition coefficient (Wildman–Crippen LogP) is 1.01. The summed E-state index contributed by atoms with van der Waals surface area (Å²) in [6.45, 7) is 6.08. The second-order valence-electron chi connectivity index (χ2n) is 5.77. The van der Waals surface area contributed by atoms with Crippen LogP contribution in [0.25, 0.3) is 0 Å². The molecule has 3 unspecified atom stereocenters. The number of ether oxygens (including phenoxy) is 1. The predicted molar refractivity (Wildman–Crippen MR) is 62.8 cm³/mol. The summed E-state index contributed by atoms with van der Waals surface area (Å²) in [5, 5.41) is 1.83. The lowest BCUT2D eigenvalue weighted by atomic mass is 9.46. The van der Waals surface area contributed by atoms with Crippen molar-refractivity contribution < 1.29 is 9.57 Å². The van der Waals surface area contributed by atoms with Crippen molar-refractivity contribution in [1.82, 2.24) is 5.06 Å². The minimum absolute atomic E-state index is 0.0326. The highest BCUT2D eigenvalue weighted by Gasteiger charge is 2.66. The van der Waals surface area contributed by atoms with Crippen LogP contribution in [-0.4, -0.2) is 44.0 Å². The lowest BCUT2D eigenvalue weighted by molar-refractivity contribution is -0.251. The molecule has 3 atom stereocenters. The van der Waals surface area contributed by atoms with Gasteiger partial charge < -0.3 is 15.3 Å². The third kappa shape index (κ3) is 1.51. The Balaban J connectivity index is 2.13. The van der Waals surface area contributed by atoms with Gasteiger partial charge >= 0.3 is 0 Å². The van der Waals surface area contributed by atoms with Gasteiger partial charge in [-0.05, 0) is 12.8 Å². The Kier molecular flexibility index (Phi) is 3.03. The van der Waals surface area contributed by atoms with Crippen LogP contribution in [0.2, 0.25) is 0 Å². The molecule has 0 aromatic carbocycles. The van der Waals surface area contributed by atoms with E-state index in [9.17, 15) is 0 Å². The normalized spacial score (nSPS) is 41.6. The molecule has 2 aliphatic rings. The van der Waals surface area contributed by atoms with Crippen molar-refractivity contribution in [1.29, 1.82) is 0 Å². The molecular formula is C12H24N2O2. The average molecular weight is 228 g/mol. The molecule has 0 aromatic heterocycles. The molecule has 0 spiro atoms. The molecule has 1 heterocycles. The fourth-order valence-electron chi connectivity index (χ4n) is 3.42. The Morgan fingerprint density at radius 1 is 1.50 bits per heavy atom. The summed E-state index contributed by atoms with van der Waals surface area (Å²) in [6.07, 6.45) is 2.64. The van der Waals surface area contributed by atoms with Gasteiger partial charge in [-0.3, -0.25) is 0 Å². The highest BCUT2D eigenvalue weighted by molar-refractivity contribution is 5.20. The minimum atomic E-state index is -0.192. The molecule has 1 aliphatic heterocycles. The van der Waals surface area contributed by atoms with E-state index in [1.54, 1.807) is 7.11 Å². The molecule has 1 saturated heterocycles. The van der Waals surface area contributed by atoms with E-state index in [1.807, 2.05) is 12.1 Å². The molecule has 2 N–H and O–H groups in total. The lowest BCUT2D eigenvalue weighted by Gasteiger charge is -2.67. The zero-order valence-corrected chi connectivity index (χ0v) is 10.8. The number of nitrogens with zero attached hydrogens (tertiary/aromatic N) is 1. The van der Waals surface area contributed by atoms with Gasteiger partial charge in [0, 0.05) is 37.1 Å². The zero-order chi connectivity index (χ0) is 12.0. The summed E-state index contributed by atoms with van der Waals surface area (Å²) >= 11 is 0. The number of fused-ring (bicyclic) bond motifs is 1. The van der Waals surface area contributed by atoms with Crippen LogP contribution in [0.15, 0.2) is 0 Å². The molecule has 94 valence electrons. The number of rotatable bonds is 3. The fourth-order valence-corrected chi connectivity index (χ4v) is 3.42. The molecule has 0 bridgehead atoms. The Morgan fingerprint density at radius 3 is 2.81 bits per heavy atom. The lowest BCUT2D eigenvalue weighted by Crippen LogP contribution is -2.80. The van der Waals surface area contributed by atoms with E-state index >= 15 is 0 Å². The van der Waals surface area contributed by atoms with E-state index in [4.69, 9.17) is 15.3 Å². The largest absolute Gasteiger partial charge is 0.377 e. The summed E-state index contributed by atoms with van der Waals surface area (Å²) < 4.78 is 5.86. The number of hydrogen-bond acceptors (Lipinski definition) is 4. The van der Waals surface area contributed by atoms with E-state index in [-0.39, 0.29) is 11.0 Å². The third-order valence-electron chi connectivity index (χ3n) is 4.69. The van der Waals surface area contributed by atoms with Gasteiger partial charge in [-0.15, -0.1) is 0 Å². The third-order valence-corrected chi connectivity index (χ3v) is 4.69. The number of hydrogen-bond donors (Lipinski definition) is 1. The standard InChI is InChI=1S/C12H24N2O2/c1-11(2)10-9(6-5-7-16-10)12(11,13)8-14(3)15-4/h9-10H,5-8,13H2,1-4H3. The van der Waals surface area contributed by atoms with E-state index < -0.39 is 0 Å². The van der Waals surface area contributed by atoms with Crippen LogP contribution in [0.5, 0.6) is 0 Å². The number of hydroxylamine groups is 2. The van der Waals surface area contributed by atoms with Crippen molar-refractivity contribution in [2.75, 3.05) is 27.3 Å². The smallest absolute Gasteiger partial charge is 0.0690 e. The molecule has 0 aromatic rings. The van der Waals surface area contributed by atoms with Crippen LogP contribution in [-0.2, 0) is 9.57 Å². The van der Waals surface area contributed by atoms with Crippen LogP contribution >= 0.6 is 0 Å². The molecule has 4 heteroatoms. The zero-order valence-electron chi connectivity index (χ0n) is 10.8. The van der Waals surface area contributed by atoms with E-state index in [2.05, 4.69) is 13.8 Å². The Morgan fingerprint density at radius 2 is 2.19 bits per heavy atom. The van der Waals surface area contributed by atoms with Crippen molar-refractivity contribution in [2.24, 2.45) is 17.1 Å². The summed E-state index contributed by atoms with van der Waals surface area (Å²) in [5.41, 5.74) is 6.45. The van der Waals surface area contributed by atoms with Crippen LogP contribution < -0.4 is 5.73 Å². The maximum absolute atomic E-state index is 6.61. The van der Waals surface area contributed by atoms with Crippen molar-refractivity contribution in [2.45, 2.75) is 38.3 Å². The van der Waals surface area contributed by atoms with Gasteiger partial charge in [0.1, 0.15) is 0 Å². The second kappa shape index (κ2) is 3.95. The van der Waals surface area contributed by atoms with Gasteiger partial charge in [-0.2, -0.15) is 5.06 Å². The van der Waals surface area contributed by atoms with Crippen LogP contribution in [0.4, 0.5) is 0 Å². The van der Waals surface area contributed by atoms with Gasteiger partial charge in [-0.1, -0.05) is 13.8 Å². The Hall–Kier alpha value is -0.160. The number of nitrogens with two attached hydrogens (primary N) is 1. The van der Waals surface area contributed by atoms with Crippen molar-refractivity contribution in [3.63, 3.8) is 0 Å². The van der Waals surface area contributed by atoms with Crippen LogP contribution in [0.1, 0.15) is 26.7 Å². The molecule has 2 fully saturated rings.